The molecule has 1 heterocycles. The third-order valence-electron chi connectivity index (χ3n) is 2.62. The molecule has 0 atom stereocenters. The lowest BCUT2D eigenvalue weighted by Gasteiger charge is -2.41. The number of rotatable bonds is 1. The molecule has 0 aromatic carbocycles. The first-order chi connectivity index (χ1) is 5.77. The number of carbonyl (C=O) groups is 1. The highest BCUT2D eigenvalue weighted by atomic mass is 19.1. The predicted molar refractivity (Wildman–Crippen MR) is 42.5 cm³/mol. The van der Waals surface area contributed by atoms with Gasteiger partial charge in [0, 0.05) is 19.1 Å². The first-order valence-corrected chi connectivity index (χ1v) is 4.41. The molecular weight excluding hydrogens is 159 g/mol. The highest BCUT2D eigenvalue weighted by Crippen LogP contribution is 2.28. The van der Waals surface area contributed by atoms with Gasteiger partial charge >= 0.3 is 0 Å². The Balaban J connectivity index is 1.89. The van der Waals surface area contributed by atoms with E-state index in [1.54, 1.807) is 0 Å². The molecule has 0 spiro atoms. The van der Waals surface area contributed by atoms with Crippen molar-refractivity contribution in [1.29, 1.82) is 0 Å². The molecule has 1 saturated carbocycles. The molecule has 2 rings (SSSR count). The molecule has 1 N–H and O–H groups in total. The van der Waals surface area contributed by atoms with Crippen LogP contribution in [-0.4, -0.2) is 42.7 Å². The van der Waals surface area contributed by atoms with E-state index >= 15 is 0 Å². The van der Waals surface area contributed by atoms with Crippen LogP contribution in [0.25, 0.3) is 0 Å². The van der Waals surface area contributed by atoms with Crippen LogP contribution in [0.4, 0.5) is 4.39 Å². The fourth-order valence-electron chi connectivity index (χ4n) is 1.78. The van der Waals surface area contributed by atoms with Gasteiger partial charge in [-0.05, 0) is 12.8 Å². The lowest BCUT2D eigenvalue weighted by molar-refractivity contribution is -0.137. The highest BCUT2D eigenvalue weighted by Gasteiger charge is 2.36. The molecule has 4 heteroatoms. The number of amides is 1. The smallest absolute Gasteiger partial charge is 0.236 e. The van der Waals surface area contributed by atoms with E-state index in [4.69, 9.17) is 0 Å². The number of nitrogens with one attached hydrogen (secondary N) is 1. The molecule has 1 aliphatic heterocycles. The Morgan fingerprint density at radius 1 is 1.50 bits per heavy atom. The summed E-state index contributed by atoms with van der Waals surface area (Å²) in [7, 11) is 0. The number of nitrogens with zero attached hydrogens (tertiary/aromatic N) is 1. The Bertz CT molecular complexity index is 191. The van der Waals surface area contributed by atoms with E-state index in [-0.39, 0.29) is 11.9 Å². The topological polar surface area (TPSA) is 32.3 Å². The zero-order valence-corrected chi connectivity index (χ0v) is 6.92. The maximum atomic E-state index is 12.5. The van der Waals surface area contributed by atoms with E-state index in [0.29, 0.717) is 19.4 Å². The molecule has 0 radical (unpaired) electrons. The number of hydrogen-bond donors (Lipinski definition) is 1. The number of hydrogen-bond acceptors (Lipinski definition) is 2. The zero-order valence-electron chi connectivity index (χ0n) is 6.92. The van der Waals surface area contributed by atoms with Crippen LogP contribution in [0.15, 0.2) is 0 Å². The second-order valence-corrected chi connectivity index (χ2v) is 3.49. The van der Waals surface area contributed by atoms with Gasteiger partial charge in [-0.2, -0.15) is 0 Å². The van der Waals surface area contributed by atoms with Gasteiger partial charge in [-0.1, -0.05) is 0 Å². The van der Waals surface area contributed by atoms with Crippen molar-refractivity contribution < 1.29 is 9.18 Å². The van der Waals surface area contributed by atoms with Gasteiger partial charge < -0.3 is 10.2 Å². The summed E-state index contributed by atoms with van der Waals surface area (Å²) in [4.78, 5) is 13.1. The third-order valence-corrected chi connectivity index (χ3v) is 2.62. The lowest BCUT2D eigenvalue weighted by Crippen LogP contribution is -2.56. The minimum Gasteiger partial charge on any atom is -0.337 e. The van der Waals surface area contributed by atoms with E-state index in [9.17, 15) is 9.18 Å². The molecule has 0 aromatic rings. The molecule has 1 aliphatic carbocycles. The fourth-order valence-corrected chi connectivity index (χ4v) is 1.78. The van der Waals surface area contributed by atoms with Crippen molar-refractivity contribution in [3.63, 3.8) is 0 Å². The second kappa shape index (κ2) is 3.01. The number of alkyl halides is 1. The van der Waals surface area contributed by atoms with E-state index in [1.165, 1.54) is 0 Å². The van der Waals surface area contributed by atoms with E-state index < -0.39 is 6.17 Å². The molecule has 68 valence electrons. The predicted octanol–water partition coefficient (Wildman–Crippen LogP) is -0.0813. The highest BCUT2D eigenvalue weighted by molar-refractivity contribution is 5.79. The Hall–Kier alpha value is -0.640. The summed E-state index contributed by atoms with van der Waals surface area (Å²) in [5.41, 5.74) is 0. The molecule has 1 saturated heterocycles. The Morgan fingerprint density at radius 2 is 2.25 bits per heavy atom. The average molecular weight is 172 g/mol. The van der Waals surface area contributed by atoms with E-state index in [1.807, 2.05) is 4.90 Å². The maximum absolute atomic E-state index is 12.5. The van der Waals surface area contributed by atoms with E-state index in [2.05, 4.69) is 5.32 Å². The summed E-state index contributed by atoms with van der Waals surface area (Å²) in [5, 5.41) is 2.99. The molecule has 0 bridgehead atoms. The monoisotopic (exact) mass is 172 g/mol. The van der Waals surface area contributed by atoms with Crippen molar-refractivity contribution >= 4 is 5.91 Å². The minimum atomic E-state index is -0.669. The second-order valence-electron chi connectivity index (χ2n) is 3.49. The molecule has 0 unspecified atom stereocenters. The van der Waals surface area contributed by atoms with Gasteiger partial charge in [0.25, 0.3) is 0 Å². The van der Waals surface area contributed by atoms with Gasteiger partial charge in [0.15, 0.2) is 0 Å². The summed E-state index contributed by atoms with van der Waals surface area (Å²) in [5.74, 6) is 0.123. The van der Waals surface area contributed by atoms with Gasteiger partial charge in [0.1, 0.15) is 6.17 Å². The molecule has 2 aliphatic rings. The molecule has 1 amide bonds. The van der Waals surface area contributed by atoms with Crippen LogP contribution < -0.4 is 5.32 Å². The summed E-state index contributed by atoms with van der Waals surface area (Å²) in [6.45, 7) is 2.02. The van der Waals surface area contributed by atoms with Gasteiger partial charge in [-0.3, -0.25) is 4.79 Å². The number of carbonyl (C=O) groups excluding carboxylic acids is 1. The first-order valence-electron chi connectivity index (χ1n) is 4.41. The summed E-state index contributed by atoms with van der Waals surface area (Å²) in [6, 6.07) is 0.189. The largest absolute Gasteiger partial charge is 0.337 e. The summed E-state index contributed by atoms with van der Waals surface area (Å²) < 4.78 is 12.5. The SMILES string of the molecule is O=C1CNCCN1C1CC(F)C1. The van der Waals surface area contributed by atoms with Crippen molar-refractivity contribution in [2.75, 3.05) is 19.6 Å². The normalized spacial score (nSPS) is 36.4. The standard InChI is InChI=1S/C8H13FN2O/c9-6-3-7(4-6)11-2-1-10-5-8(11)12/h6-7,10H,1-5H2. The van der Waals surface area contributed by atoms with Gasteiger partial charge in [0.05, 0.1) is 6.54 Å². The lowest BCUT2D eigenvalue weighted by atomic mass is 9.89. The Labute approximate surface area is 70.9 Å². The van der Waals surface area contributed by atoms with Gasteiger partial charge in [0.2, 0.25) is 5.91 Å². The van der Waals surface area contributed by atoms with Crippen LogP contribution in [0.2, 0.25) is 0 Å². The van der Waals surface area contributed by atoms with Crippen molar-refractivity contribution in [2.24, 2.45) is 0 Å². The third kappa shape index (κ3) is 1.31. The number of piperazine rings is 1. The molecule has 0 aromatic heterocycles. The Kier molecular flexibility index (Phi) is 2.00. The Morgan fingerprint density at radius 3 is 2.83 bits per heavy atom. The van der Waals surface area contributed by atoms with Crippen molar-refractivity contribution in [3.8, 4) is 0 Å². The van der Waals surface area contributed by atoms with Crippen LogP contribution in [0.5, 0.6) is 0 Å². The first kappa shape index (κ1) is 7.98. The van der Waals surface area contributed by atoms with Crippen molar-refractivity contribution in [3.05, 3.63) is 0 Å². The van der Waals surface area contributed by atoms with Crippen LogP contribution in [-0.2, 0) is 4.79 Å². The molecule has 12 heavy (non-hydrogen) atoms. The zero-order chi connectivity index (χ0) is 8.55. The summed E-state index contributed by atoms with van der Waals surface area (Å²) >= 11 is 0. The summed E-state index contributed by atoms with van der Waals surface area (Å²) in [6.07, 6.45) is 0.426. The van der Waals surface area contributed by atoms with Crippen molar-refractivity contribution in [2.45, 2.75) is 25.1 Å². The van der Waals surface area contributed by atoms with Gasteiger partial charge in [-0.25, -0.2) is 4.39 Å². The van der Waals surface area contributed by atoms with E-state index in [0.717, 1.165) is 13.1 Å². The fraction of sp³-hybridized carbons (Fsp3) is 0.875. The van der Waals surface area contributed by atoms with Crippen LogP contribution >= 0.6 is 0 Å². The maximum Gasteiger partial charge on any atom is 0.236 e. The quantitative estimate of drug-likeness (QED) is 0.600. The van der Waals surface area contributed by atoms with Crippen LogP contribution in [0.3, 0.4) is 0 Å². The number of halogens is 1. The van der Waals surface area contributed by atoms with Crippen molar-refractivity contribution in [1.82, 2.24) is 10.2 Å². The minimum absolute atomic E-state index is 0.123. The average Bonchev–Trinajstić information content (AvgIpc) is 2.01. The molecular formula is C8H13FN2O. The van der Waals surface area contributed by atoms with Crippen LogP contribution in [0, 0.1) is 0 Å². The molecule has 3 nitrogen and oxygen atoms in total. The van der Waals surface area contributed by atoms with Gasteiger partial charge in [-0.15, -0.1) is 0 Å². The molecule has 2 fully saturated rings. The van der Waals surface area contributed by atoms with Crippen LogP contribution in [0.1, 0.15) is 12.8 Å².